The van der Waals surface area contributed by atoms with Gasteiger partial charge in [0.25, 0.3) is 0 Å². The van der Waals surface area contributed by atoms with E-state index in [1.165, 1.54) is 25.7 Å². The Bertz CT molecular complexity index is 304. The van der Waals surface area contributed by atoms with Gasteiger partial charge in [0.15, 0.2) is 0 Å². The molecule has 19 heavy (non-hydrogen) atoms. The van der Waals surface area contributed by atoms with Crippen molar-refractivity contribution in [3.05, 3.63) is 0 Å². The second-order valence-corrected chi connectivity index (χ2v) is 6.65. The second kappa shape index (κ2) is 5.68. The van der Waals surface area contributed by atoms with Gasteiger partial charge in [-0.3, -0.25) is 0 Å². The third kappa shape index (κ3) is 2.97. The molecule has 3 rings (SSSR count). The molecule has 0 aromatic carbocycles. The summed E-state index contributed by atoms with van der Waals surface area (Å²) >= 11 is 0. The summed E-state index contributed by atoms with van der Waals surface area (Å²) in [4.78, 5) is 2.25. The van der Waals surface area contributed by atoms with E-state index >= 15 is 0 Å². The third-order valence-corrected chi connectivity index (χ3v) is 5.21. The van der Waals surface area contributed by atoms with E-state index in [-0.39, 0.29) is 17.8 Å². The average molecular weight is 269 g/mol. The molecule has 0 radical (unpaired) electrons. The van der Waals surface area contributed by atoms with Gasteiger partial charge in [-0.1, -0.05) is 12.8 Å². The molecule has 1 saturated carbocycles. The topological polar surface area (TPSA) is 41.9 Å². The summed E-state index contributed by atoms with van der Waals surface area (Å²) in [5, 5.41) is 10.7. The van der Waals surface area contributed by atoms with E-state index in [0.717, 1.165) is 39.1 Å². The third-order valence-electron chi connectivity index (χ3n) is 5.21. The number of hydrogen-bond acceptors (Lipinski definition) is 4. The zero-order chi connectivity index (χ0) is 13.3. The Balaban J connectivity index is 1.61. The van der Waals surface area contributed by atoms with Gasteiger partial charge in [-0.25, -0.2) is 0 Å². The van der Waals surface area contributed by atoms with Gasteiger partial charge in [0.1, 0.15) is 0 Å². The van der Waals surface area contributed by atoms with Crippen LogP contribution in [0.5, 0.6) is 0 Å². The van der Waals surface area contributed by atoms with Crippen LogP contribution >= 0.6 is 0 Å². The van der Waals surface area contributed by atoms with E-state index in [1.54, 1.807) is 0 Å². The van der Waals surface area contributed by atoms with Crippen LogP contribution in [0.2, 0.25) is 0 Å². The van der Waals surface area contributed by atoms with Gasteiger partial charge in [-0.15, -0.1) is 0 Å². The normalized spacial score (nSPS) is 37.6. The van der Waals surface area contributed by atoms with Gasteiger partial charge in [-0.2, -0.15) is 0 Å². The number of ether oxygens (including phenoxy) is 2. The van der Waals surface area contributed by atoms with E-state index in [9.17, 15) is 5.11 Å². The fourth-order valence-corrected chi connectivity index (χ4v) is 4.05. The van der Waals surface area contributed by atoms with E-state index in [4.69, 9.17) is 9.47 Å². The molecule has 1 spiro atoms. The second-order valence-electron chi connectivity index (χ2n) is 6.65. The monoisotopic (exact) mass is 269 g/mol. The fourth-order valence-electron chi connectivity index (χ4n) is 4.05. The zero-order valence-corrected chi connectivity index (χ0v) is 12.0. The molecule has 3 atom stereocenters. The SMILES string of the molecule is CN1CCOC(C(O)C2CCOC3(CCCC3)C2)C1. The Hall–Kier alpha value is -0.160. The van der Waals surface area contributed by atoms with Crippen molar-refractivity contribution in [2.24, 2.45) is 5.92 Å². The summed E-state index contributed by atoms with van der Waals surface area (Å²) in [6.07, 6.45) is 6.59. The highest BCUT2D eigenvalue weighted by Crippen LogP contribution is 2.43. The molecule has 2 aliphatic heterocycles. The lowest BCUT2D eigenvalue weighted by Gasteiger charge is -2.43. The summed E-state index contributed by atoms with van der Waals surface area (Å²) in [6, 6.07) is 0. The number of hydrogen-bond donors (Lipinski definition) is 1. The maximum atomic E-state index is 10.7. The highest BCUT2D eigenvalue weighted by molar-refractivity contribution is 4.94. The Morgan fingerprint density at radius 1 is 1.26 bits per heavy atom. The van der Waals surface area contributed by atoms with Gasteiger partial charge >= 0.3 is 0 Å². The molecule has 110 valence electrons. The van der Waals surface area contributed by atoms with Crippen LogP contribution in [-0.4, -0.2) is 61.2 Å². The quantitative estimate of drug-likeness (QED) is 0.823. The van der Waals surface area contributed by atoms with E-state index in [2.05, 4.69) is 11.9 Å². The fraction of sp³-hybridized carbons (Fsp3) is 1.00. The summed E-state index contributed by atoms with van der Waals surface area (Å²) < 4.78 is 11.8. The van der Waals surface area contributed by atoms with Crippen LogP contribution in [0.25, 0.3) is 0 Å². The van der Waals surface area contributed by atoms with Crippen molar-refractivity contribution in [3.8, 4) is 0 Å². The Morgan fingerprint density at radius 3 is 2.79 bits per heavy atom. The minimum atomic E-state index is -0.330. The lowest BCUT2D eigenvalue weighted by molar-refractivity contribution is -0.149. The van der Waals surface area contributed by atoms with Crippen molar-refractivity contribution in [2.45, 2.75) is 56.3 Å². The first-order valence-corrected chi connectivity index (χ1v) is 7.81. The van der Waals surface area contributed by atoms with Gasteiger partial charge in [0, 0.05) is 19.7 Å². The Labute approximate surface area is 116 Å². The Morgan fingerprint density at radius 2 is 2.05 bits per heavy atom. The molecule has 3 fully saturated rings. The van der Waals surface area contributed by atoms with E-state index in [1.807, 2.05) is 0 Å². The first-order valence-electron chi connectivity index (χ1n) is 7.81. The van der Waals surface area contributed by atoms with Crippen molar-refractivity contribution >= 4 is 0 Å². The minimum absolute atomic E-state index is 0.0136. The van der Waals surface area contributed by atoms with Gasteiger partial charge in [0.2, 0.25) is 0 Å². The van der Waals surface area contributed by atoms with Crippen LogP contribution in [0.15, 0.2) is 0 Å². The lowest BCUT2D eigenvalue weighted by atomic mass is 9.80. The van der Waals surface area contributed by atoms with Crippen molar-refractivity contribution in [1.82, 2.24) is 4.90 Å². The molecule has 3 unspecified atom stereocenters. The van der Waals surface area contributed by atoms with Crippen LogP contribution in [0.3, 0.4) is 0 Å². The average Bonchev–Trinajstić information content (AvgIpc) is 2.86. The summed E-state index contributed by atoms with van der Waals surface area (Å²) in [5.41, 5.74) is 0.0878. The molecule has 2 heterocycles. The standard InChI is InChI=1S/C15H27NO3/c1-16-7-9-18-13(11-16)14(17)12-4-8-19-15(10-12)5-2-3-6-15/h12-14,17H,2-11H2,1H3. The van der Waals surface area contributed by atoms with Gasteiger partial charge in [0.05, 0.1) is 24.4 Å². The number of likely N-dealkylation sites (N-methyl/N-ethyl adjacent to an activating group) is 1. The minimum Gasteiger partial charge on any atom is -0.390 e. The van der Waals surface area contributed by atoms with Crippen LogP contribution in [0.1, 0.15) is 38.5 Å². The predicted octanol–water partition coefficient (Wildman–Crippen LogP) is 1.42. The highest BCUT2D eigenvalue weighted by atomic mass is 16.5. The molecule has 4 heteroatoms. The molecule has 2 saturated heterocycles. The largest absolute Gasteiger partial charge is 0.390 e. The molecule has 1 N–H and O–H groups in total. The molecule has 0 aromatic heterocycles. The number of aliphatic hydroxyl groups is 1. The van der Waals surface area contributed by atoms with Gasteiger partial charge in [-0.05, 0) is 38.6 Å². The molecule has 0 bridgehead atoms. The summed E-state index contributed by atoms with van der Waals surface area (Å²) in [6.45, 7) is 3.38. The van der Waals surface area contributed by atoms with Crippen molar-refractivity contribution in [1.29, 1.82) is 0 Å². The smallest absolute Gasteiger partial charge is 0.0963 e. The van der Waals surface area contributed by atoms with Gasteiger partial charge < -0.3 is 19.5 Å². The number of nitrogens with zero attached hydrogens (tertiary/aromatic N) is 1. The molecule has 4 nitrogen and oxygen atoms in total. The van der Waals surface area contributed by atoms with Crippen LogP contribution in [0, 0.1) is 5.92 Å². The molecule has 1 aliphatic carbocycles. The number of morpholine rings is 1. The van der Waals surface area contributed by atoms with Crippen molar-refractivity contribution in [2.75, 3.05) is 33.4 Å². The molecule has 0 amide bonds. The van der Waals surface area contributed by atoms with Crippen LogP contribution < -0.4 is 0 Å². The number of rotatable bonds is 2. The summed E-state index contributed by atoms with van der Waals surface area (Å²) in [5.74, 6) is 0.350. The molecule has 0 aromatic rings. The lowest BCUT2D eigenvalue weighted by Crippen LogP contribution is -2.51. The molecule has 3 aliphatic rings. The van der Waals surface area contributed by atoms with E-state index in [0.29, 0.717) is 5.92 Å². The van der Waals surface area contributed by atoms with Crippen molar-refractivity contribution < 1.29 is 14.6 Å². The van der Waals surface area contributed by atoms with Crippen molar-refractivity contribution in [3.63, 3.8) is 0 Å². The highest BCUT2D eigenvalue weighted by Gasteiger charge is 2.43. The number of aliphatic hydroxyl groups excluding tert-OH is 1. The molecular weight excluding hydrogens is 242 g/mol. The molecular formula is C15H27NO3. The first-order chi connectivity index (χ1) is 9.19. The maximum Gasteiger partial charge on any atom is 0.0963 e. The van der Waals surface area contributed by atoms with Crippen LogP contribution in [-0.2, 0) is 9.47 Å². The predicted molar refractivity (Wildman–Crippen MR) is 73.1 cm³/mol. The van der Waals surface area contributed by atoms with E-state index < -0.39 is 0 Å². The Kier molecular flexibility index (Phi) is 4.13. The maximum absolute atomic E-state index is 10.7. The summed E-state index contributed by atoms with van der Waals surface area (Å²) in [7, 11) is 2.10. The zero-order valence-electron chi connectivity index (χ0n) is 12.0. The van der Waals surface area contributed by atoms with Crippen LogP contribution in [0.4, 0.5) is 0 Å². The first kappa shape index (κ1) is 13.8.